The fourth-order valence-electron chi connectivity index (χ4n) is 1.49. The minimum Gasteiger partial charge on any atom is -0.251 e. The first-order chi connectivity index (χ1) is 7.83. The third kappa shape index (κ3) is 1.59. The van der Waals surface area contributed by atoms with E-state index in [0.717, 1.165) is 21.3 Å². The van der Waals surface area contributed by atoms with Crippen LogP contribution in [0.1, 0.15) is 0 Å². The molecule has 78 valence electrons. The number of halogens is 1. The van der Waals surface area contributed by atoms with E-state index in [4.69, 9.17) is 0 Å². The maximum absolute atomic E-state index is 4.49. The number of hydrogen-bond donors (Lipinski definition) is 0. The monoisotopic (exact) mass is 274 g/mol. The highest BCUT2D eigenvalue weighted by atomic mass is 79.9. The van der Waals surface area contributed by atoms with E-state index in [2.05, 4.69) is 31.0 Å². The normalized spacial score (nSPS) is 10.8. The van der Waals surface area contributed by atoms with E-state index in [0.29, 0.717) is 0 Å². The van der Waals surface area contributed by atoms with Gasteiger partial charge < -0.3 is 0 Å². The fraction of sp³-hybridized carbons (Fsp3) is 0. The van der Waals surface area contributed by atoms with E-state index < -0.39 is 0 Å². The number of fused-ring (bicyclic) bond motifs is 1. The van der Waals surface area contributed by atoms with Crippen molar-refractivity contribution < 1.29 is 0 Å². The van der Waals surface area contributed by atoms with E-state index in [-0.39, 0.29) is 0 Å². The van der Waals surface area contributed by atoms with Crippen LogP contribution in [-0.4, -0.2) is 19.7 Å². The van der Waals surface area contributed by atoms with Crippen LogP contribution in [0.3, 0.4) is 0 Å². The summed E-state index contributed by atoms with van der Waals surface area (Å²) in [5, 5.41) is 4.12. The van der Waals surface area contributed by atoms with E-state index in [1.807, 2.05) is 30.5 Å². The number of benzene rings is 1. The van der Waals surface area contributed by atoms with Crippen LogP contribution in [0.4, 0.5) is 0 Å². The van der Waals surface area contributed by atoms with Crippen LogP contribution in [0, 0.1) is 0 Å². The Morgan fingerprint density at radius 2 is 2.12 bits per heavy atom. The Hall–Kier alpha value is -1.75. The quantitative estimate of drug-likeness (QED) is 0.685. The zero-order valence-corrected chi connectivity index (χ0v) is 9.79. The summed E-state index contributed by atoms with van der Waals surface area (Å²) in [5.74, 6) is 0.718. The first-order valence-corrected chi connectivity index (χ1v) is 5.54. The van der Waals surface area contributed by atoms with E-state index in [1.54, 1.807) is 17.1 Å². The van der Waals surface area contributed by atoms with Crippen molar-refractivity contribution in [3.63, 3.8) is 0 Å². The average molecular weight is 275 g/mol. The van der Waals surface area contributed by atoms with Crippen molar-refractivity contribution in [1.29, 1.82) is 0 Å². The molecule has 0 atom stereocenters. The molecule has 0 radical (unpaired) electrons. The first-order valence-electron chi connectivity index (χ1n) is 4.75. The summed E-state index contributed by atoms with van der Waals surface area (Å²) >= 11 is 3.42. The SMILES string of the molecule is Brc1ccc2ncc(-n3cccn3)nc2c1. The molecule has 16 heavy (non-hydrogen) atoms. The predicted octanol–water partition coefficient (Wildman–Crippen LogP) is 2.58. The van der Waals surface area contributed by atoms with Crippen molar-refractivity contribution >= 4 is 27.0 Å². The van der Waals surface area contributed by atoms with E-state index in [1.165, 1.54) is 0 Å². The molecule has 1 aromatic carbocycles. The summed E-state index contributed by atoms with van der Waals surface area (Å²) in [6.07, 6.45) is 5.27. The molecule has 0 aliphatic heterocycles. The minimum absolute atomic E-state index is 0.718. The van der Waals surface area contributed by atoms with Crippen LogP contribution in [0.15, 0.2) is 47.3 Å². The lowest BCUT2D eigenvalue weighted by atomic mass is 10.3. The first kappa shape index (κ1) is 9.47. The lowest BCUT2D eigenvalue weighted by Crippen LogP contribution is -1.99. The van der Waals surface area contributed by atoms with Gasteiger partial charge in [0.2, 0.25) is 0 Å². The molecule has 0 saturated heterocycles. The summed E-state index contributed by atoms with van der Waals surface area (Å²) in [6, 6.07) is 7.67. The zero-order chi connectivity index (χ0) is 11.0. The Morgan fingerprint density at radius 3 is 2.94 bits per heavy atom. The molecular formula is C11H7BrN4. The van der Waals surface area contributed by atoms with E-state index in [9.17, 15) is 0 Å². The largest absolute Gasteiger partial charge is 0.251 e. The molecule has 2 heterocycles. The van der Waals surface area contributed by atoms with Gasteiger partial charge in [-0.15, -0.1) is 0 Å². The molecule has 0 amide bonds. The van der Waals surface area contributed by atoms with Crippen LogP contribution >= 0.6 is 15.9 Å². The third-order valence-electron chi connectivity index (χ3n) is 2.23. The van der Waals surface area contributed by atoms with Gasteiger partial charge in [0.1, 0.15) is 0 Å². The minimum atomic E-state index is 0.718. The van der Waals surface area contributed by atoms with Crippen LogP contribution in [-0.2, 0) is 0 Å². The van der Waals surface area contributed by atoms with Gasteiger partial charge in [-0.3, -0.25) is 4.98 Å². The number of hydrogen-bond acceptors (Lipinski definition) is 3. The van der Waals surface area contributed by atoms with Gasteiger partial charge in [-0.2, -0.15) is 5.10 Å². The molecule has 4 nitrogen and oxygen atoms in total. The van der Waals surface area contributed by atoms with Crippen molar-refractivity contribution in [3.05, 3.63) is 47.3 Å². The highest BCUT2D eigenvalue weighted by Crippen LogP contribution is 2.17. The maximum atomic E-state index is 4.49. The Labute approximate surface area is 100 Å². The molecule has 0 aliphatic carbocycles. The predicted molar refractivity (Wildman–Crippen MR) is 64.4 cm³/mol. The van der Waals surface area contributed by atoms with Crippen LogP contribution in [0.5, 0.6) is 0 Å². The van der Waals surface area contributed by atoms with Gasteiger partial charge in [0.05, 0.1) is 17.2 Å². The average Bonchev–Trinajstić information content (AvgIpc) is 2.81. The second kappa shape index (κ2) is 3.68. The second-order valence-electron chi connectivity index (χ2n) is 3.31. The summed E-state index contributed by atoms with van der Waals surface area (Å²) in [5.41, 5.74) is 1.72. The van der Waals surface area contributed by atoms with E-state index >= 15 is 0 Å². The topological polar surface area (TPSA) is 43.6 Å². The lowest BCUT2D eigenvalue weighted by molar-refractivity contribution is 0.846. The van der Waals surface area contributed by atoms with Gasteiger partial charge in [0, 0.05) is 16.9 Å². The van der Waals surface area contributed by atoms with Crippen molar-refractivity contribution in [2.75, 3.05) is 0 Å². The van der Waals surface area contributed by atoms with Gasteiger partial charge in [-0.25, -0.2) is 9.67 Å². The summed E-state index contributed by atoms with van der Waals surface area (Å²) in [6.45, 7) is 0. The molecule has 0 bridgehead atoms. The van der Waals surface area contributed by atoms with Crippen LogP contribution in [0.25, 0.3) is 16.9 Å². The van der Waals surface area contributed by atoms with Crippen molar-refractivity contribution in [2.24, 2.45) is 0 Å². The standard InChI is InChI=1S/C11H7BrN4/c12-8-2-3-9-10(6-8)15-11(7-13-9)16-5-1-4-14-16/h1-7H. The van der Waals surface area contributed by atoms with Gasteiger partial charge >= 0.3 is 0 Å². The Morgan fingerprint density at radius 1 is 1.19 bits per heavy atom. The Kier molecular flexibility index (Phi) is 2.18. The summed E-state index contributed by atoms with van der Waals surface area (Å²) < 4.78 is 2.68. The van der Waals surface area contributed by atoms with Gasteiger partial charge in [0.15, 0.2) is 5.82 Å². The molecule has 0 N–H and O–H groups in total. The number of nitrogens with zero attached hydrogens (tertiary/aromatic N) is 4. The highest BCUT2D eigenvalue weighted by molar-refractivity contribution is 9.10. The molecule has 0 aliphatic rings. The van der Waals surface area contributed by atoms with Gasteiger partial charge in [0.25, 0.3) is 0 Å². The number of rotatable bonds is 1. The van der Waals surface area contributed by atoms with Crippen molar-refractivity contribution in [2.45, 2.75) is 0 Å². The molecule has 2 aromatic heterocycles. The summed E-state index contributed by atoms with van der Waals surface area (Å²) in [7, 11) is 0. The molecule has 0 unspecified atom stereocenters. The smallest absolute Gasteiger partial charge is 0.172 e. The molecule has 0 fully saturated rings. The molecular weight excluding hydrogens is 268 g/mol. The summed E-state index contributed by atoms with van der Waals surface area (Å²) in [4.78, 5) is 8.82. The Bertz CT molecular complexity index is 634. The molecule has 0 saturated carbocycles. The molecule has 3 rings (SSSR count). The highest BCUT2D eigenvalue weighted by Gasteiger charge is 2.02. The van der Waals surface area contributed by atoms with Crippen molar-refractivity contribution in [3.8, 4) is 5.82 Å². The number of aromatic nitrogens is 4. The van der Waals surface area contributed by atoms with Crippen LogP contribution < -0.4 is 0 Å². The molecule has 3 aromatic rings. The zero-order valence-electron chi connectivity index (χ0n) is 8.21. The fourth-order valence-corrected chi connectivity index (χ4v) is 1.84. The molecule has 5 heteroatoms. The van der Waals surface area contributed by atoms with Gasteiger partial charge in [-0.05, 0) is 24.3 Å². The lowest BCUT2D eigenvalue weighted by Gasteiger charge is -2.02. The molecule has 0 spiro atoms. The van der Waals surface area contributed by atoms with Crippen molar-refractivity contribution in [1.82, 2.24) is 19.7 Å². The Balaban J connectivity index is 2.22. The maximum Gasteiger partial charge on any atom is 0.172 e. The second-order valence-corrected chi connectivity index (χ2v) is 4.23. The van der Waals surface area contributed by atoms with Crippen LogP contribution in [0.2, 0.25) is 0 Å². The van der Waals surface area contributed by atoms with Gasteiger partial charge in [-0.1, -0.05) is 15.9 Å². The third-order valence-corrected chi connectivity index (χ3v) is 2.72.